The molecule has 0 N–H and O–H groups in total. The van der Waals surface area contributed by atoms with Crippen LogP contribution < -0.4 is 0 Å². The zero-order valence-corrected chi connectivity index (χ0v) is 13.7. The van der Waals surface area contributed by atoms with Crippen LogP contribution >= 0.6 is 11.6 Å². The molecular formula is C13H20ClNO6. The molecule has 0 saturated carbocycles. The second-order valence-corrected chi connectivity index (χ2v) is 5.86. The van der Waals surface area contributed by atoms with Gasteiger partial charge in [-0.25, -0.2) is 9.59 Å². The Hall–Kier alpha value is -1.63. The van der Waals surface area contributed by atoms with E-state index in [0.717, 1.165) is 7.11 Å². The minimum Gasteiger partial charge on any atom is -0.464 e. The van der Waals surface area contributed by atoms with Crippen LogP contribution in [0.3, 0.4) is 0 Å². The summed E-state index contributed by atoms with van der Waals surface area (Å²) in [5.41, 5.74) is -2.82. The van der Waals surface area contributed by atoms with Crippen molar-refractivity contribution in [3.05, 3.63) is 0 Å². The zero-order valence-electron chi connectivity index (χ0n) is 13.0. The number of carbonyl (C=O) groups excluding carboxylic acids is 3. The van der Waals surface area contributed by atoms with E-state index >= 15 is 0 Å². The van der Waals surface area contributed by atoms with E-state index in [9.17, 15) is 14.4 Å². The Kier molecular flexibility index (Phi) is 6.82. The van der Waals surface area contributed by atoms with Gasteiger partial charge in [-0.1, -0.05) is 5.16 Å². The first-order valence-electron chi connectivity index (χ1n) is 6.11. The van der Waals surface area contributed by atoms with Crippen molar-refractivity contribution in [2.24, 2.45) is 5.16 Å². The predicted molar refractivity (Wildman–Crippen MR) is 76.2 cm³/mol. The SMILES string of the molecule is COC(=O)C(=NOC(C)(C)C(=O)OC(C)(C)C)C(=O)CCl. The smallest absolute Gasteiger partial charge is 0.363 e. The Bertz CT molecular complexity index is 432. The zero-order chi connectivity index (χ0) is 16.8. The second-order valence-electron chi connectivity index (χ2n) is 5.59. The molecule has 0 aliphatic rings. The van der Waals surface area contributed by atoms with Gasteiger partial charge in [-0.15, -0.1) is 11.6 Å². The van der Waals surface area contributed by atoms with Crippen LogP contribution in [0, 0.1) is 0 Å². The predicted octanol–water partition coefficient (Wildman–Crippen LogP) is 1.46. The van der Waals surface area contributed by atoms with Crippen molar-refractivity contribution in [2.45, 2.75) is 45.8 Å². The Morgan fingerprint density at radius 2 is 1.62 bits per heavy atom. The van der Waals surface area contributed by atoms with E-state index in [1.807, 2.05) is 0 Å². The molecule has 0 aliphatic heterocycles. The molecule has 0 aliphatic carbocycles. The topological polar surface area (TPSA) is 91.3 Å². The van der Waals surface area contributed by atoms with E-state index < -0.39 is 40.5 Å². The van der Waals surface area contributed by atoms with Crippen molar-refractivity contribution in [2.75, 3.05) is 13.0 Å². The Labute approximate surface area is 128 Å². The van der Waals surface area contributed by atoms with Crippen molar-refractivity contribution >= 4 is 35.0 Å². The number of hydrogen-bond acceptors (Lipinski definition) is 7. The average Bonchev–Trinajstić information content (AvgIpc) is 2.35. The van der Waals surface area contributed by atoms with Crippen LogP contribution in [-0.2, 0) is 28.7 Å². The summed E-state index contributed by atoms with van der Waals surface area (Å²) >= 11 is 5.36. The van der Waals surface area contributed by atoms with E-state index in [2.05, 4.69) is 9.89 Å². The molecule has 0 amide bonds. The lowest BCUT2D eigenvalue weighted by Gasteiger charge is -2.26. The number of rotatable bonds is 6. The molecule has 0 atom stereocenters. The maximum absolute atomic E-state index is 11.9. The van der Waals surface area contributed by atoms with Gasteiger partial charge in [0.05, 0.1) is 13.0 Å². The quantitative estimate of drug-likeness (QED) is 0.242. The van der Waals surface area contributed by atoms with Crippen LogP contribution in [0.25, 0.3) is 0 Å². The monoisotopic (exact) mass is 321 g/mol. The number of Topliss-reactive ketones (excluding diaryl/α,β-unsaturated/α-hetero) is 1. The number of ketones is 1. The summed E-state index contributed by atoms with van der Waals surface area (Å²) in [6.45, 7) is 7.87. The molecule has 0 heterocycles. The van der Waals surface area contributed by atoms with E-state index in [1.165, 1.54) is 13.8 Å². The van der Waals surface area contributed by atoms with Crippen LogP contribution in [0.2, 0.25) is 0 Å². The van der Waals surface area contributed by atoms with Crippen molar-refractivity contribution in [3.8, 4) is 0 Å². The van der Waals surface area contributed by atoms with Crippen molar-refractivity contribution < 1.29 is 28.7 Å². The fourth-order valence-corrected chi connectivity index (χ4v) is 1.09. The summed E-state index contributed by atoms with van der Waals surface area (Å²) in [6, 6.07) is 0. The lowest BCUT2D eigenvalue weighted by Crippen LogP contribution is -2.40. The Balaban J connectivity index is 5.13. The lowest BCUT2D eigenvalue weighted by atomic mass is 10.1. The average molecular weight is 322 g/mol. The number of hydrogen-bond donors (Lipinski definition) is 0. The second kappa shape index (κ2) is 7.40. The van der Waals surface area contributed by atoms with Gasteiger partial charge in [-0.3, -0.25) is 4.79 Å². The number of oxime groups is 1. The molecule has 0 saturated heterocycles. The fourth-order valence-electron chi connectivity index (χ4n) is 0.960. The van der Waals surface area contributed by atoms with Crippen LogP contribution in [0.1, 0.15) is 34.6 Å². The minimum atomic E-state index is -1.49. The third-order valence-corrected chi connectivity index (χ3v) is 2.26. The molecule has 0 rings (SSSR count). The first-order valence-corrected chi connectivity index (χ1v) is 6.65. The van der Waals surface area contributed by atoms with Gasteiger partial charge in [0, 0.05) is 0 Å². The molecule has 120 valence electrons. The number of esters is 2. The maximum Gasteiger partial charge on any atom is 0.363 e. The molecule has 21 heavy (non-hydrogen) atoms. The molecule has 0 spiro atoms. The van der Waals surface area contributed by atoms with Gasteiger partial charge < -0.3 is 14.3 Å². The molecule has 0 radical (unpaired) electrons. The van der Waals surface area contributed by atoms with Gasteiger partial charge in [0.1, 0.15) is 5.60 Å². The molecule has 0 bridgehead atoms. The van der Waals surface area contributed by atoms with E-state index in [4.69, 9.17) is 21.2 Å². The van der Waals surface area contributed by atoms with Crippen molar-refractivity contribution in [1.82, 2.24) is 0 Å². The number of halogens is 1. The number of methoxy groups -OCH3 is 1. The van der Waals surface area contributed by atoms with Crippen LogP contribution in [-0.4, -0.2) is 47.6 Å². The van der Waals surface area contributed by atoms with Gasteiger partial charge in [0.15, 0.2) is 0 Å². The molecule has 8 heteroatoms. The molecule has 0 aromatic heterocycles. The first kappa shape index (κ1) is 19.4. The molecule has 0 unspecified atom stereocenters. The lowest BCUT2D eigenvalue weighted by molar-refractivity contribution is -0.179. The molecular weight excluding hydrogens is 302 g/mol. The third-order valence-electron chi connectivity index (χ3n) is 2.02. The highest BCUT2D eigenvalue weighted by Gasteiger charge is 2.36. The number of ether oxygens (including phenoxy) is 2. The summed E-state index contributed by atoms with van der Waals surface area (Å²) < 4.78 is 9.54. The molecule has 0 aromatic rings. The largest absolute Gasteiger partial charge is 0.464 e. The van der Waals surface area contributed by atoms with E-state index in [1.54, 1.807) is 20.8 Å². The van der Waals surface area contributed by atoms with Gasteiger partial charge in [-0.05, 0) is 34.6 Å². The number of nitrogens with zero attached hydrogens (tertiary/aromatic N) is 1. The standard InChI is InChI=1S/C13H20ClNO6/c1-12(2,3)20-11(18)13(4,5)21-15-9(8(16)7-14)10(17)19-6/h7H2,1-6H3. The normalized spacial score (nSPS) is 12.6. The summed E-state index contributed by atoms with van der Waals surface area (Å²) in [6.07, 6.45) is 0. The summed E-state index contributed by atoms with van der Waals surface area (Å²) in [4.78, 5) is 39.8. The van der Waals surface area contributed by atoms with Gasteiger partial charge >= 0.3 is 11.9 Å². The van der Waals surface area contributed by atoms with Gasteiger partial charge in [0.25, 0.3) is 0 Å². The summed E-state index contributed by atoms with van der Waals surface area (Å²) in [5, 5.41) is 3.40. The highest BCUT2D eigenvalue weighted by atomic mass is 35.5. The van der Waals surface area contributed by atoms with Crippen molar-refractivity contribution in [1.29, 1.82) is 0 Å². The third kappa shape index (κ3) is 6.57. The van der Waals surface area contributed by atoms with Crippen LogP contribution in [0.15, 0.2) is 5.16 Å². The van der Waals surface area contributed by atoms with Gasteiger partial charge in [-0.2, -0.15) is 0 Å². The van der Waals surface area contributed by atoms with Crippen LogP contribution in [0.5, 0.6) is 0 Å². The number of carbonyl (C=O) groups is 3. The Morgan fingerprint density at radius 1 is 1.10 bits per heavy atom. The highest BCUT2D eigenvalue weighted by Crippen LogP contribution is 2.18. The minimum absolute atomic E-state index is 0.468. The molecule has 0 aromatic carbocycles. The van der Waals surface area contributed by atoms with Crippen molar-refractivity contribution in [3.63, 3.8) is 0 Å². The summed E-state index contributed by atoms with van der Waals surface area (Å²) in [5.74, 6) is -2.94. The molecule has 7 nitrogen and oxygen atoms in total. The molecule has 0 fully saturated rings. The van der Waals surface area contributed by atoms with Gasteiger partial charge in [0.2, 0.25) is 17.1 Å². The first-order chi connectivity index (χ1) is 9.44. The highest BCUT2D eigenvalue weighted by molar-refractivity contribution is 6.67. The summed E-state index contributed by atoms with van der Waals surface area (Å²) in [7, 11) is 1.08. The fraction of sp³-hybridized carbons (Fsp3) is 0.692. The van der Waals surface area contributed by atoms with E-state index in [0.29, 0.717) is 0 Å². The van der Waals surface area contributed by atoms with Crippen LogP contribution in [0.4, 0.5) is 0 Å². The van der Waals surface area contributed by atoms with E-state index in [-0.39, 0.29) is 0 Å². The number of alkyl halides is 1. The maximum atomic E-state index is 11.9. The Morgan fingerprint density at radius 3 is 2.00 bits per heavy atom.